The van der Waals surface area contributed by atoms with E-state index in [1.54, 1.807) is 50.6 Å². The van der Waals surface area contributed by atoms with Gasteiger partial charge in [0.1, 0.15) is 28.6 Å². The third-order valence-electron chi connectivity index (χ3n) is 4.53. The molecule has 0 saturated carbocycles. The van der Waals surface area contributed by atoms with E-state index in [0.29, 0.717) is 46.8 Å². The number of hydrogen-bond acceptors (Lipinski definition) is 5. The van der Waals surface area contributed by atoms with E-state index in [-0.39, 0.29) is 11.3 Å². The van der Waals surface area contributed by atoms with Crippen LogP contribution in [0.4, 0.5) is 0 Å². The first kappa shape index (κ1) is 21.9. The number of rotatable bonds is 9. The van der Waals surface area contributed by atoms with Gasteiger partial charge in [-0.3, -0.25) is 0 Å². The zero-order valence-electron chi connectivity index (χ0n) is 17.1. The summed E-state index contributed by atoms with van der Waals surface area (Å²) in [6.45, 7) is 5.73. The van der Waals surface area contributed by atoms with Crippen LogP contribution in [-0.2, 0) is 6.42 Å². The molecule has 0 aromatic heterocycles. The van der Waals surface area contributed by atoms with Crippen molar-refractivity contribution in [1.29, 1.82) is 0 Å². The summed E-state index contributed by atoms with van der Waals surface area (Å²) in [6, 6.07) is 6.95. The van der Waals surface area contributed by atoms with E-state index >= 15 is 0 Å². The van der Waals surface area contributed by atoms with Crippen molar-refractivity contribution >= 4 is 18.1 Å². The predicted octanol–water partition coefficient (Wildman–Crippen LogP) is 4.80. The maximum absolute atomic E-state index is 11.9. The molecule has 6 heteroatoms. The Morgan fingerprint density at radius 1 is 1.07 bits per heavy atom. The lowest BCUT2D eigenvalue weighted by atomic mass is 9.96. The summed E-state index contributed by atoms with van der Waals surface area (Å²) >= 11 is 0. The van der Waals surface area contributed by atoms with Crippen molar-refractivity contribution in [2.24, 2.45) is 0 Å². The van der Waals surface area contributed by atoms with Gasteiger partial charge in [0.05, 0.1) is 26.9 Å². The second-order valence-corrected chi connectivity index (χ2v) is 6.54. The Kier molecular flexibility index (Phi) is 7.31. The highest BCUT2D eigenvalue weighted by Gasteiger charge is 2.22. The first-order chi connectivity index (χ1) is 13.8. The van der Waals surface area contributed by atoms with Crippen LogP contribution < -0.4 is 14.2 Å². The fourth-order valence-electron chi connectivity index (χ4n) is 3.04. The van der Waals surface area contributed by atoms with Gasteiger partial charge >= 0.3 is 5.97 Å². The lowest BCUT2D eigenvalue weighted by Crippen LogP contribution is -2.05. The maximum atomic E-state index is 11.9. The van der Waals surface area contributed by atoms with Crippen molar-refractivity contribution in [3.8, 4) is 23.0 Å². The van der Waals surface area contributed by atoms with Gasteiger partial charge < -0.3 is 24.4 Å². The van der Waals surface area contributed by atoms with Crippen molar-refractivity contribution in [3.63, 3.8) is 0 Å². The van der Waals surface area contributed by atoms with Gasteiger partial charge in [0, 0.05) is 5.56 Å². The van der Waals surface area contributed by atoms with Gasteiger partial charge in [-0.15, -0.1) is 6.58 Å². The van der Waals surface area contributed by atoms with Gasteiger partial charge in [-0.2, -0.15) is 0 Å². The molecule has 0 aliphatic carbocycles. The normalized spacial score (nSPS) is 10.8. The Morgan fingerprint density at radius 2 is 1.66 bits per heavy atom. The molecule has 0 heterocycles. The number of aromatic carboxylic acids is 1. The highest BCUT2D eigenvalue weighted by atomic mass is 16.5. The molecule has 0 fully saturated rings. The van der Waals surface area contributed by atoms with Crippen LogP contribution in [0.1, 0.15) is 40.4 Å². The molecule has 2 rings (SSSR count). The van der Waals surface area contributed by atoms with Gasteiger partial charge in [-0.05, 0) is 49.6 Å². The topological polar surface area (TPSA) is 85.2 Å². The minimum Gasteiger partial charge on any atom is -0.507 e. The van der Waals surface area contributed by atoms with E-state index in [1.165, 1.54) is 7.11 Å². The Morgan fingerprint density at radius 3 is 2.14 bits per heavy atom. The van der Waals surface area contributed by atoms with Crippen LogP contribution in [0.3, 0.4) is 0 Å². The first-order valence-electron chi connectivity index (χ1n) is 9.03. The zero-order valence-corrected chi connectivity index (χ0v) is 17.1. The Bertz CT molecular complexity index is 921. The van der Waals surface area contributed by atoms with Crippen LogP contribution in [0.2, 0.25) is 0 Å². The minimum atomic E-state index is -1.23. The third-order valence-corrected chi connectivity index (χ3v) is 4.53. The lowest BCUT2D eigenvalue weighted by Gasteiger charge is -2.15. The zero-order chi connectivity index (χ0) is 21.6. The lowest BCUT2D eigenvalue weighted by molar-refractivity contribution is 0.0693. The minimum absolute atomic E-state index is 0.187. The smallest absolute Gasteiger partial charge is 0.340 e. The molecule has 29 heavy (non-hydrogen) atoms. The van der Waals surface area contributed by atoms with Gasteiger partial charge in [0.25, 0.3) is 0 Å². The number of hydrogen-bond donors (Lipinski definition) is 2. The number of carboxylic acid groups (broad SMARTS) is 1. The second-order valence-electron chi connectivity index (χ2n) is 6.54. The predicted molar refractivity (Wildman–Crippen MR) is 113 cm³/mol. The molecule has 2 aromatic rings. The number of ether oxygens (including phenoxy) is 3. The van der Waals surface area contributed by atoms with Crippen LogP contribution in [0, 0.1) is 0 Å². The number of aromatic hydroxyl groups is 1. The van der Waals surface area contributed by atoms with Crippen molar-refractivity contribution in [1.82, 2.24) is 0 Å². The largest absolute Gasteiger partial charge is 0.507 e. The molecule has 2 N–H and O–H groups in total. The van der Waals surface area contributed by atoms with Crippen LogP contribution in [-0.4, -0.2) is 37.5 Å². The molecule has 6 nitrogen and oxygen atoms in total. The average molecular weight is 398 g/mol. The number of methoxy groups -OCH3 is 3. The summed E-state index contributed by atoms with van der Waals surface area (Å²) in [7, 11) is 4.57. The molecule has 0 spiro atoms. The van der Waals surface area contributed by atoms with E-state index in [2.05, 4.69) is 6.58 Å². The van der Waals surface area contributed by atoms with Gasteiger partial charge in [0.2, 0.25) is 0 Å². The molecule has 0 unspecified atom stereocenters. The highest BCUT2D eigenvalue weighted by Crippen LogP contribution is 2.37. The first-order valence-corrected chi connectivity index (χ1v) is 9.03. The molecule has 0 aliphatic rings. The van der Waals surface area contributed by atoms with Crippen LogP contribution in [0.15, 0.2) is 36.4 Å². The maximum Gasteiger partial charge on any atom is 0.340 e. The fraction of sp³-hybridized carbons (Fsp3) is 0.261. The molecule has 0 atom stereocenters. The molecular formula is C23H26O6. The standard InChI is InChI=1S/C23H26O6/c1-14(2)9-11-17-20(29-5)13-15(21(22(17)24)23(25)26)10-12-16-18(27-3)7-6-8-19(16)28-4/h6-8,10,12-13,24H,1,9,11H2,2-5H3,(H,25,26). The van der Waals surface area contributed by atoms with Crippen molar-refractivity contribution < 1.29 is 29.2 Å². The van der Waals surface area contributed by atoms with E-state index < -0.39 is 5.97 Å². The van der Waals surface area contributed by atoms with Crippen molar-refractivity contribution in [2.45, 2.75) is 19.8 Å². The highest BCUT2D eigenvalue weighted by molar-refractivity contribution is 5.97. The second kappa shape index (κ2) is 9.68. The molecule has 0 saturated heterocycles. The molecule has 0 amide bonds. The molecular weight excluding hydrogens is 372 g/mol. The summed E-state index contributed by atoms with van der Waals surface area (Å²) < 4.78 is 16.1. The molecule has 0 radical (unpaired) electrons. The Labute approximate surface area is 170 Å². The fourth-order valence-corrected chi connectivity index (χ4v) is 3.04. The van der Waals surface area contributed by atoms with Gasteiger partial charge in [-0.1, -0.05) is 17.7 Å². The SMILES string of the molecule is C=C(C)CCc1c(OC)cc(C=Cc2c(OC)cccc2OC)c(C(=O)O)c1O. The van der Waals surface area contributed by atoms with Crippen molar-refractivity contribution in [3.05, 3.63) is 58.7 Å². The summed E-state index contributed by atoms with van der Waals surface area (Å²) in [5, 5.41) is 20.4. The Hall–Kier alpha value is -3.41. The molecule has 0 aliphatic heterocycles. The van der Waals surface area contributed by atoms with Crippen molar-refractivity contribution in [2.75, 3.05) is 21.3 Å². The van der Waals surface area contributed by atoms with E-state index in [1.807, 2.05) is 6.92 Å². The molecule has 0 bridgehead atoms. The quantitative estimate of drug-likeness (QED) is 0.466. The van der Waals surface area contributed by atoms with E-state index in [0.717, 1.165) is 5.57 Å². The monoisotopic (exact) mass is 398 g/mol. The van der Waals surface area contributed by atoms with Crippen LogP contribution >= 0.6 is 0 Å². The van der Waals surface area contributed by atoms with Crippen LogP contribution in [0.25, 0.3) is 12.2 Å². The summed E-state index contributed by atoms with van der Waals surface area (Å²) in [5.41, 5.74) is 2.14. The van der Waals surface area contributed by atoms with Gasteiger partial charge in [0.15, 0.2) is 0 Å². The number of carbonyl (C=O) groups is 1. The summed E-state index contributed by atoms with van der Waals surface area (Å²) in [4.78, 5) is 11.9. The Balaban J connectivity index is 2.62. The third kappa shape index (κ3) is 4.90. The molecule has 2 aromatic carbocycles. The molecule has 154 valence electrons. The summed E-state index contributed by atoms with van der Waals surface area (Å²) in [6.07, 6.45) is 4.31. The number of carboxylic acids is 1. The van der Waals surface area contributed by atoms with E-state index in [4.69, 9.17) is 14.2 Å². The summed E-state index contributed by atoms with van der Waals surface area (Å²) in [5.74, 6) is 0.0389. The average Bonchev–Trinajstić information content (AvgIpc) is 2.69. The van der Waals surface area contributed by atoms with Gasteiger partial charge in [-0.25, -0.2) is 4.79 Å². The van der Waals surface area contributed by atoms with E-state index in [9.17, 15) is 15.0 Å². The number of phenols is 1. The number of allylic oxidation sites excluding steroid dienone is 1. The van der Waals surface area contributed by atoms with Crippen LogP contribution in [0.5, 0.6) is 23.0 Å². The number of benzene rings is 2.